The maximum atomic E-state index is 5.28. The Kier molecular flexibility index (Phi) is 12.1. The molecule has 0 N–H and O–H groups in total. The van der Waals surface area contributed by atoms with Gasteiger partial charge in [-0.15, -0.1) is 0 Å². The van der Waals surface area contributed by atoms with Crippen LogP contribution in [0, 0.1) is 0 Å². The zero-order valence-electron chi connectivity index (χ0n) is 47.7. The van der Waals surface area contributed by atoms with Crippen LogP contribution in [0.4, 0.5) is 0 Å². The minimum absolute atomic E-state index is 0.678. The van der Waals surface area contributed by atoms with Crippen molar-refractivity contribution in [2.24, 2.45) is 0 Å². The zero-order valence-corrected chi connectivity index (χ0v) is 47.7. The molecule has 6 heteroatoms. The lowest BCUT2D eigenvalue weighted by molar-refractivity contribution is 1.15. The van der Waals surface area contributed by atoms with Crippen LogP contribution < -0.4 is 0 Å². The lowest BCUT2D eigenvalue weighted by Gasteiger charge is -2.22. The summed E-state index contributed by atoms with van der Waals surface area (Å²) in [5, 5.41) is 9.68. The molecule has 0 radical (unpaired) electrons. The molecule has 4 heterocycles. The van der Waals surface area contributed by atoms with E-state index in [2.05, 4.69) is 276 Å². The van der Waals surface area contributed by atoms with E-state index in [1.165, 1.54) is 43.1 Å². The normalized spacial score (nSPS) is 11.6. The fraction of sp³-hybridized carbons (Fsp3) is 0. The molecule has 0 bridgehead atoms. The predicted octanol–water partition coefficient (Wildman–Crippen LogP) is 21.1. The molecule has 0 aliphatic heterocycles. The van der Waals surface area contributed by atoms with E-state index in [1.54, 1.807) is 0 Å². The van der Waals surface area contributed by atoms with E-state index in [-0.39, 0.29) is 0 Å². The van der Waals surface area contributed by atoms with Gasteiger partial charge in [-0.1, -0.05) is 267 Å². The molecular formula is C82H52N6. The molecule has 0 atom stereocenters. The van der Waals surface area contributed by atoms with Crippen LogP contribution in [-0.2, 0) is 0 Å². The SMILES string of the molecule is c1ccc(-c2cc(-c3ccc(-c4cc(-n5c6ccccc6c6c7ccccc7ccc65)cc(-c5ccc(-c6cc(-c7ccccc7)nc(-c7ccccc7)n6)cc5)c4-n4c5ccccc5c5c6ccccc6ccc54)cc3)nc(-c3ccccc3)n2)cc1. The van der Waals surface area contributed by atoms with E-state index in [4.69, 9.17) is 19.9 Å². The van der Waals surface area contributed by atoms with E-state index < -0.39 is 0 Å². The van der Waals surface area contributed by atoms with Crippen molar-refractivity contribution in [3.8, 4) is 101 Å². The number of benzene rings is 13. The number of aromatic nitrogens is 6. The van der Waals surface area contributed by atoms with Crippen molar-refractivity contribution < 1.29 is 0 Å². The van der Waals surface area contributed by atoms with Gasteiger partial charge in [0, 0.05) is 71.7 Å². The summed E-state index contributed by atoms with van der Waals surface area (Å²) in [6.07, 6.45) is 0. The first-order chi connectivity index (χ1) is 43.6. The van der Waals surface area contributed by atoms with Crippen molar-refractivity contribution in [2.75, 3.05) is 0 Å². The average molecular weight is 1120 g/mol. The Balaban J connectivity index is 0.943. The van der Waals surface area contributed by atoms with Gasteiger partial charge < -0.3 is 9.13 Å². The van der Waals surface area contributed by atoms with Crippen molar-refractivity contribution >= 4 is 65.2 Å². The lowest BCUT2D eigenvalue weighted by atomic mass is 9.92. The molecule has 0 unspecified atom stereocenters. The van der Waals surface area contributed by atoms with Crippen LogP contribution in [0.2, 0.25) is 0 Å². The minimum atomic E-state index is 0.678. The Morgan fingerprint density at radius 1 is 0.216 bits per heavy atom. The molecule has 0 amide bonds. The quantitative estimate of drug-likeness (QED) is 0.137. The fourth-order valence-electron chi connectivity index (χ4n) is 13.2. The summed E-state index contributed by atoms with van der Waals surface area (Å²) in [5.41, 5.74) is 20.2. The lowest BCUT2D eigenvalue weighted by Crippen LogP contribution is -2.04. The Labute approximate surface area is 508 Å². The molecule has 0 aliphatic carbocycles. The Bertz CT molecular complexity index is 5210. The van der Waals surface area contributed by atoms with Crippen LogP contribution in [0.5, 0.6) is 0 Å². The van der Waals surface area contributed by atoms with Crippen molar-refractivity contribution in [1.29, 1.82) is 0 Å². The van der Waals surface area contributed by atoms with E-state index in [0.717, 1.165) is 112 Å². The zero-order chi connectivity index (χ0) is 58.1. The molecule has 17 aromatic rings. The Morgan fingerprint density at radius 2 is 0.534 bits per heavy atom. The van der Waals surface area contributed by atoms with Gasteiger partial charge >= 0.3 is 0 Å². The highest BCUT2D eigenvalue weighted by Gasteiger charge is 2.25. The molecule has 0 saturated carbocycles. The average Bonchev–Trinajstić information content (AvgIpc) is 1.68. The minimum Gasteiger partial charge on any atom is -0.309 e. The molecule has 88 heavy (non-hydrogen) atoms. The van der Waals surface area contributed by atoms with Gasteiger partial charge in [-0.25, -0.2) is 19.9 Å². The first kappa shape index (κ1) is 50.6. The molecule has 17 rings (SSSR count). The summed E-state index contributed by atoms with van der Waals surface area (Å²) in [6, 6.07) is 113. The third-order valence-corrected chi connectivity index (χ3v) is 17.3. The number of nitrogens with zero attached hydrogens (tertiary/aromatic N) is 6. The number of hydrogen-bond donors (Lipinski definition) is 0. The van der Waals surface area contributed by atoms with E-state index in [9.17, 15) is 0 Å². The van der Waals surface area contributed by atoms with Gasteiger partial charge in [0.25, 0.3) is 0 Å². The first-order valence-corrected chi connectivity index (χ1v) is 29.9. The highest BCUT2D eigenvalue weighted by Crippen LogP contribution is 2.47. The largest absolute Gasteiger partial charge is 0.309 e. The monoisotopic (exact) mass is 1120 g/mol. The van der Waals surface area contributed by atoms with E-state index >= 15 is 0 Å². The Morgan fingerprint density at radius 3 is 0.955 bits per heavy atom. The highest BCUT2D eigenvalue weighted by atomic mass is 15.0. The molecule has 0 spiro atoms. The summed E-state index contributed by atoms with van der Waals surface area (Å²) in [7, 11) is 0. The van der Waals surface area contributed by atoms with Gasteiger partial charge in [-0.2, -0.15) is 0 Å². The van der Waals surface area contributed by atoms with Gasteiger partial charge in [-0.05, 0) is 81.2 Å². The summed E-state index contributed by atoms with van der Waals surface area (Å²) >= 11 is 0. The molecule has 0 aliphatic rings. The summed E-state index contributed by atoms with van der Waals surface area (Å²) in [4.78, 5) is 20.8. The summed E-state index contributed by atoms with van der Waals surface area (Å²) in [5.74, 6) is 1.36. The third kappa shape index (κ3) is 8.65. The molecule has 6 nitrogen and oxygen atoms in total. The standard InChI is InChI=1S/C82H52N6/c1-5-23-57(24-6-1)70-51-72(85-81(83-70)61-27-9-3-10-28-61)59-41-37-55(38-42-59)68-49-63(87-74-35-19-17-33-66(74)78-64-31-15-13-21-53(64)45-47-76(78)87)50-69(80(68)88-75-36-20-18-34-67(75)79-65-32-16-14-22-54(65)46-48-77(79)88)56-39-43-60(44-40-56)73-52-71(58-25-7-2-8-26-58)84-82(86-73)62-29-11-4-12-30-62/h1-52H. The van der Waals surface area contributed by atoms with Gasteiger partial charge in [0.05, 0.1) is 50.5 Å². The van der Waals surface area contributed by atoms with Crippen LogP contribution >= 0.6 is 0 Å². The first-order valence-electron chi connectivity index (χ1n) is 29.9. The molecule has 4 aromatic heterocycles. The van der Waals surface area contributed by atoms with Crippen molar-refractivity contribution in [2.45, 2.75) is 0 Å². The second kappa shape index (κ2) is 21.0. The van der Waals surface area contributed by atoms with Crippen molar-refractivity contribution in [3.05, 3.63) is 315 Å². The second-order valence-corrected chi connectivity index (χ2v) is 22.5. The van der Waals surface area contributed by atoms with Gasteiger partial charge in [-0.3, -0.25) is 0 Å². The maximum absolute atomic E-state index is 5.28. The number of rotatable bonds is 10. The Hall–Kier alpha value is -11.9. The predicted molar refractivity (Wildman–Crippen MR) is 365 cm³/mol. The topological polar surface area (TPSA) is 61.4 Å². The summed E-state index contributed by atoms with van der Waals surface area (Å²) in [6.45, 7) is 0. The highest BCUT2D eigenvalue weighted by molar-refractivity contribution is 6.23. The number of hydrogen-bond acceptors (Lipinski definition) is 4. The van der Waals surface area contributed by atoms with Crippen LogP contribution in [0.1, 0.15) is 0 Å². The molecular weight excluding hydrogens is 1070 g/mol. The van der Waals surface area contributed by atoms with E-state index in [1.807, 2.05) is 48.5 Å². The smallest absolute Gasteiger partial charge is 0.160 e. The van der Waals surface area contributed by atoms with Crippen LogP contribution in [0.3, 0.4) is 0 Å². The van der Waals surface area contributed by atoms with E-state index in [0.29, 0.717) is 11.6 Å². The molecule has 0 fully saturated rings. The maximum Gasteiger partial charge on any atom is 0.160 e. The molecule has 13 aromatic carbocycles. The molecule has 410 valence electrons. The van der Waals surface area contributed by atoms with Crippen molar-refractivity contribution in [3.63, 3.8) is 0 Å². The molecule has 0 saturated heterocycles. The van der Waals surface area contributed by atoms with Crippen molar-refractivity contribution in [1.82, 2.24) is 29.1 Å². The second-order valence-electron chi connectivity index (χ2n) is 22.5. The summed E-state index contributed by atoms with van der Waals surface area (Å²) < 4.78 is 5.00. The van der Waals surface area contributed by atoms with Crippen LogP contribution in [0.25, 0.3) is 167 Å². The van der Waals surface area contributed by atoms with Gasteiger partial charge in [0.2, 0.25) is 0 Å². The third-order valence-electron chi connectivity index (χ3n) is 17.3. The van der Waals surface area contributed by atoms with Gasteiger partial charge in [0.1, 0.15) is 0 Å². The van der Waals surface area contributed by atoms with Crippen LogP contribution in [-0.4, -0.2) is 29.1 Å². The fourth-order valence-corrected chi connectivity index (χ4v) is 13.2. The number of para-hydroxylation sites is 2. The van der Waals surface area contributed by atoms with Gasteiger partial charge in [0.15, 0.2) is 11.6 Å². The number of fused-ring (bicyclic) bond motifs is 10. The van der Waals surface area contributed by atoms with Crippen LogP contribution in [0.15, 0.2) is 315 Å².